The van der Waals surface area contributed by atoms with Gasteiger partial charge in [-0.2, -0.15) is 26.3 Å². The van der Waals surface area contributed by atoms with Crippen molar-refractivity contribution >= 4 is 23.2 Å². The molecule has 6 rings (SSSR count). The number of benzene rings is 6. The molecule has 0 aromatic heterocycles. The molecule has 4 nitrogen and oxygen atoms in total. The van der Waals surface area contributed by atoms with Crippen LogP contribution < -0.4 is 18.9 Å². The Bertz CT molecular complexity index is 2780. The van der Waals surface area contributed by atoms with Gasteiger partial charge >= 0.3 is 25.1 Å². The highest BCUT2D eigenvalue weighted by atomic mass is 35.5. The SMILES string of the molecule is COc1cc(-c2cc(C(F)(F)F)c(-c3cc(C)c(-c4cc(F)c(-c5cc(Cl)ccc5Cl)cc4F)cc3C)cc2C(F)(F)F)c(OC)cc1-c1cc(OC(F)(F)F)ccc1OC(F)(F)F. The fraction of sp³-hybridized carbons (Fsp3) is 0.182. The zero-order chi connectivity index (χ0) is 47.4. The highest BCUT2D eigenvalue weighted by Gasteiger charge is 2.42. The van der Waals surface area contributed by atoms with E-state index in [0.29, 0.717) is 24.3 Å². The molecule has 0 saturated carbocycles. The average Bonchev–Trinajstić information content (AvgIpc) is 3.18. The minimum atomic E-state index is -5.42. The second-order valence-corrected chi connectivity index (χ2v) is 14.7. The van der Waals surface area contributed by atoms with Crippen LogP contribution in [0.25, 0.3) is 55.6 Å². The third kappa shape index (κ3) is 10.1. The smallest absolute Gasteiger partial charge is 0.496 e. The number of alkyl halides is 12. The van der Waals surface area contributed by atoms with Crippen molar-refractivity contribution in [1.82, 2.24) is 0 Å². The van der Waals surface area contributed by atoms with Gasteiger partial charge in [0.25, 0.3) is 0 Å². The summed E-state index contributed by atoms with van der Waals surface area (Å²) >= 11 is 12.2. The molecule has 0 fully saturated rings. The Kier molecular flexibility index (Phi) is 12.8. The Hall–Kier alpha value is -5.88. The van der Waals surface area contributed by atoms with Crippen LogP contribution in [-0.2, 0) is 12.4 Å². The van der Waals surface area contributed by atoms with Gasteiger partial charge in [-0.1, -0.05) is 35.3 Å². The van der Waals surface area contributed by atoms with Crippen LogP contribution in [0.1, 0.15) is 22.3 Å². The first kappa shape index (κ1) is 47.6. The maximum absolute atomic E-state index is 15.7. The van der Waals surface area contributed by atoms with E-state index in [9.17, 15) is 26.3 Å². The van der Waals surface area contributed by atoms with E-state index in [1.54, 1.807) is 0 Å². The molecular formula is C44H26Cl2F14O4. The second-order valence-electron chi connectivity index (χ2n) is 13.9. The van der Waals surface area contributed by atoms with E-state index in [2.05, 4.69) is 9.47 Å². The van der Waals surface area contributed by atoms with Gasteiger partial charge in [0, 0.05) is 43.4 Å². The van der Waals surface area contributed by atoms with Gasteiger partial charge in [-0.15, -0.1) is 26.3 Å². The Morgan fingerprint density at radius 1 is 0.406 bits per heavy atom. The number of hydrogen-bond donors (Lipinski definition) is 0. The van der Waals surface area contributed by atoms with E-state index >= 15 is 35.1 Å². The molecule has 0 aliphatic rings. The molecule has 0 saturated heterocycles. The molecule has 0 heterocycles. The minimum absolute atomic E-state index is 0.0150. The van der Waals surface area contributed by atoms with E-state index in [4.69, 9.17) is 32.7 Å². The van der Waals surface area contributed by atoms with Crippen LogP contribution in [0.15, 0.2) is 84.9 Å². The highest BCUT2D eigenvalue weighted by Crippen LogP contribution is 2.52. The molecule has 6 aromatic carbocycles. The lowest BCUT2D eigenvalue weighted by Gasteiger charge is -2.24. The van der Waals surface area contributed by atoms with Crippen LogP contribution in [0.3, 0.4) is 0 Å². The molecule has 0 N–H and O–H groups in total. The van der Waals surface area contributed by atoms with Gasteiger partial charge < -0.3 is 18.9 Å². The summed E-state index contributed by atoms with van der Waals surface area (Å²) in [5, 5.41) is 0.214. The standard InChI is InChI=1S/C44H26Cl2F14O4/c1-19-10-24(28-15-37(48)29(16-36(28)47)27-11-21(45)5-7-35(27)46)20(2)9-23(19)25-13-34(42(52,53)54)26(14-33(25)41(49,50)51)31-17-40(62-4)32(18-39(31)61-3)30-12-22(63-43(55,56)57)6-8-38(30)64-44(58,59)60/h5-18H,1-4H3. The van der Waals surface area contributed by atoms with E-state index in [1.807, 2.05) is 0 Å². The fourth-order valence-corrected chi connectivity index (χ4v) is 7.41. The molecule has 0 aliphatic heterocycles. The van der Waals surface area contributed by atoms with Gasteiger partial charge in [-0.05, 0) is 120 Å². The quantitative estimate of drug-likeness (QED) is 0.135. The Labute approximate surface area is 363 Å². The summed E-state index contributed by atoms with van der Waals surface area (Å²) in [5.41, 5.74) is -8.54. The van der Waals surface area contributed by atoms with E-state index in [0.717, 1.165) is 38.5 Å². The summed E-state index contributed by atoms with van der Waals surface area (Å²) in [6.07, 6.45) is -21.5. The zero-order valence-corrected chi connectivity index (χ0v) is 34.3. The lowest BCUT2D eigenvalue weighted by molar-refractivity contribution is -0.276. The molecule has 0 atom stereocenters. The summed E-state index contributed by atoms with van der Waals surface area (Å²) in [4.78, 5) is 0. The van der Waals surface area contributed by atoms with Crippen LogP contribution >= 0.6 is 23.2 Å². The number of methoxy groups -OCH3 is 2. The molecule has 64 heavy (non-hydrogen) atoms. The van der Waals surface area contributed by atoms with Crippen molar-refractivity contribution in [2.75, 3.05) is 14.2 Å². The van der Waals surface area contributed by atoms with Crippen molar-refractivity contribution < 1.29 is 80.4 Å². The van der Waals surface area contributed by atoms with Crippen molar-refractivity contribution in [1.29, 1.82) is 0 Å². The summed E-state index contributed by atoms with van der Waals surface area (Å²) in [5.74, 6) is -5.46. The number of halogens is 16. The third-order valence-electron chi connectivity index (χ3n) is 9.71. The Morgan fingerprint density at radius 3 is 1.31 bits per heavy atom. The van der Waals surface area contributed by atoms with Gasteiger partial charge in [0.15, 0.2) is 0 Å². The number of rotatable bonds is 9. The van der Waals surface area contributed by atoms with Crippen molar-refractivity contribution in [3.05, 3.63) is 129 Å². The van der Waals surface area contributed by atoms with Gasteiger partial charge in [-0.25, -0.2) is 8.78 Å². The van der Waals surface area contributed by atoms with Crippen molar-refractivity contribution in [2.45, 2.75) is 38.9 Å². The van der Waals surface area contributed by atoms with Gasteiger partial charge in [0.05, 0.1) is 25.3 Å². The van der Waals surface area contributed by atoms with Crippen LogP contribution in [0.4, 0.5) is 61.5 Å². The van der Waals surface area contributed by atoms with Crippen molar-refractivity contribution in [3.8, 4) is 78.6 Å². The monoisotopic (exact) mass is 954 g/mol. The second kappa shape index (κ2) is 17.3. The first-order valence-electron chi connectivity index (χ1n) is 17.9. The zero-order valence-electron chi connectivity index (χ0n) is 32.8. The van der Waals surface area contributed by atoms with Crippen LogP contribution in [0, 0.1) is 25.5 Å². The number of hydrogen-bond acceptors (Lipinski definition) is 4. The Balaban J connectivity index is 1.55. The van der Waals surface area contributed by atoms with Gasteiger partial charge in [-0.3, -0.25) is 0 Å². The van der Waals surface area contributed by atoms with Crippen LogP contribution in [0.5, 0.6) is 23.0 Å². The summed E-state index contributed by atoms with van der Waals surface area (Å²) < 4.78 is 220. The predicted octanol–water partition coefficient (Wildman–Crippen LogP) is 16.1. The molecule has 6 aromatic rings. The minimum Gasteiger partial charge on any atom is -0.496 e. The lowest BCUT2D eigenvalue weighted by atomic mass is 9.85. The molecule has 0 spiro atoms. The molecule has 0 bridgehead atoms. The maximum Gasteiger partial charge on any atom is 0.573 e. The van der Waals surface area contributed by atoms with Crippen molar-refractivity contribution in [3.63, 3.8) is 0 Å². The van der Waals surface area contributed by atoms with E-state index < -0.39 is 98.7 Å². The molecular weight excluding hydrogens is 929 g/mol. The summed E-state index contributed by atoms with van der Waals surface area (Å²) in [6.45, 7) is 2.56. The van der Waals surface area contributed by atoms with Crippen molar-refractivity contribution in [2.24, 2.45) is 0 Å². The predicted molar refractivity (Wildman–Crippen MR) is 210 cm³/mol. The lowest BCUT2D eigenvalue weighted by Crippen LogP contribution is -2.19. The number of aryl methyl sites for hydroxylation is 2. The van der Waals surface area contributed by atoms with E-state index in [-0.39, 0.29) is 61.1 Å². The molecule has 338 valence electrons. The van der Waals surface area contributed by atoms with Gasteiger partial charge in [0.2, 0.25) is 0 Å². The maximum atomic E-state index is 15.7. The third-order valence-corrected chi connectivity index (χ3v) is 10.3. The highest BCUT2D eigenvalue weighted by molar-refractivity contribution is 6.35. The fourth-order valence-electron chi connectivity index (χ4n) is 7.02. The topological polar surface area (TPSA) is 36.9 Å². The number of ether oxygens (including phenoxy) is 4. The van der Waals surface area contributed by atoms with Crippen LogP contribution in [0.2, 0.25) is 10.0 Å². The van der Waals surface area contributed by atoms with Crippen LogP contribution in [-0.4, -0.2) is 26.9 Å². The normalized spacial score (nSPS) is 12.4. The first-order chi connectivity index (χ1) is 29.6. The molecule has 0 aliphatic carbocycles. The average molecular weight is 956 g/mol. The summed E-state index contributed by atoms with van der Waals surface area (Å²) in [7, 11) is 1.74. The molecule has 20 heteroatoms. The first-order valence-corrected chi connectivity index (χ1v) is 18.7. The molecule has 0 unspecified atom stereocenters. The Morgan fingerprint density at radius 2 is 0.844 bits per heavy atom. The van der Waals surface area contributed by atoms with Gasteiger partial charge in [0.1, 0.15) is 34.6 Å². The molecule has 0 amide bonds. The molecule has 0 radical (unpaired) electrons. The summed E-state index contributed by atoms with van der Waals surface area (Å²) in [6, 6.07) is 11.2. The van der Waals surface area contributed by atoms with E-state index in [1.165, 1.54) is 38.1 Å². The largest absolute Gasteiger partial charge is 0.573 e.